The standard InChI is InChI=1S/C19H19ClN6OS2/c1-12(25(2)3)17-23-24-19(26(17)15-6-4-14(20)5-7-15)29-11-16(27)22-18-13(10-21)8-9-28-18/h4-9,12H,11H2,1-3H3,(H,22,27)/t12-/m1/s1. The summed E-state index contributed by atoms with van der Waals surface area (Å²) in [5, 5.41) is 24.1. The van der Waals surface area contributed by atoms with Crippen LogP contribution >= 0.6 is 34.7 Å². The summed E-state index contributed by atoms with van der Waals surface area (Å²) in [7, 11) is 3.94. The molecule has 3 aromatic rings. The number of amides is 1. The third-order valence-electron chi connectivity index (χ3n) is 4.26. The lowest BCUT2D eigenvalue weighted by Crippen LogP contribution is -2.21. The number of aromatic nitrogens is 3. The van der Waals surface area contributed by atoms with E-state index in [2.05, 4.69) is 21.6 Å². The highest BCUT2D eigenvalue weighted by atomic mass is 35.5. The maximum Gasteiger partial charge on any atom is 0.235 e. The van der Waals surface area contributed by atoms with Crippen LogP contribution in [0.5, 0.6) is 0 Å². The number of thioether (sulfide) groups is 1. The number of nitrogens with zero attached hydrogens (tertiary/aromatic N) is 5. The van der Waals surface area contributed by atoms with Gasteiger partial charge in [-0.05, 0) is 56.7 Å². The predicted molar refractivity (Wildman–Crippen MR) is 117 cm³/mol. The molecular formula is C19H19ClN6OS2. The summed E-state index contributed by atoms with van der Waals surface area (Å²) in [6.07, 6.45) is 0. The molecule has 2 aromatic heterocycles. The lowest BCUT2D eigenvalue weighted by atomic mass is 10.2. The number of carbonyl (C=O) groups excluding carboxylic acids is 1. The first-order valence-corrected chi connectivity index (χ1v) is 10.9. The van der Waals surface area contributed by atoms with Crippen LogP contribution in [0.2, 0.25) is 5.02 Å². The topological polar surface area (TPSA) is 86.8 Å². The summed E-state index contributed by atoms with van der Waals surface area (Å²) >= 11 is 8.64. The second kappa shape index (κ2) is 9.41. The number of anilines is 1. The van der Waals surface area contributed by atoms with Crippen LogP contribution in [0.3, 0.4) is 0 Å². The van der Waals surface area contributed by atoms with E-state index in [9.17, 15) is 4.79 Å². The molecule has 10 heteroatoms. The van der Waals surface area contributed by atoms with Crippen molar-refractivity contribution in [3.8, 4) is 11.8 Å². The number of halogens is 1. The average Bonchev–Trinajstić information content (AvgIpc) is 3.32. The van der Waals surface area contributed by atoms with Gasteiger partial charge in [0.05, 0.1) is 17.4 Å². The van der Waals surface area contributed by atoms with E-state index < -0.39 is 0 Å². The minimum absolute atomic E-state index is 0.0191. The zero-order chi connectivity index (χ0) is 21.0. The fraction of sp³-hybridized carbons (Fsp3) is 0.263. The molecule has 0 bridgehead atoms. The van der Waals surface area contributed by atoms with Crippen molar-refractivity contribution >= 4 is 45.6 Å². The average molecular weight is 447 g/mol. The molecule has 0 saturated heterocycles. The number of hydrogen-bond donors (Lipinski definition) is 1. The first-order chi connectivity index (χ1) is 13.9. The van der Waals surface area contributed by atoms with E-state index >= 15 is 0 Å². The van der Waals surface area contributed by atoms with Crippen LogP contribution < -0.4 is 5.32 Å². The van der Waals surface area contributed by atoms with E-state index in [-0.39, 0.29) is 17.7 Å². The smallest absolute Gasteiger partial charge is 0.235 e. The number of hydrogen-bond acceptors (Lipinski definition) is 7. The molecule has 0 aliphatic carbocycles. The molecule has 29 heavy (non-hydrogen) atoms. The number of thiophene rings is 1. The van der Waals surface area contributed by atoms with Crippen LogP contribution in [-0.4, -0.2) is 45.4 Å². The normalized spacial score (nSPS) is 12.0. The van der Waals surface area contributed by atoms with Crippen molar-refractivity contribution < 1.29 is 4.79 Å². The van der Waals surface area contributed by atoms with Gasteiger partial charge in [-0.1, -0.05) is 23.4 Å². The fourth-order valence-corrected chi connectivity index (χ4v) is 4.13. The molecule has 7 nitrogen and oxygen atoms in total. The van der Waals surface area contributed by atoms with Gasteiger partial charge in [0.15, 0.2) is 11.0 Å². The van der Waals surface area contributed by atoms with Crippen molar-refractivity contribution in [1.29, 1.82) is 5.26 Å². The molecule has 3 rings (SSSR count). The zero-order valence-electron chi connectivity index (χ0n) is 16.1. The fourth-order valence-electron chi connectivity index (χ4n) is 2.50. The van der Waals surface area contributed by atoms with Gasteiger partial charge in [0.25, 0.3) is 0 Å². The maximum absolute atomic E-state index is 12.4. The Morgan fingerprint density at radius 2 is 2.07 bits per heavy atom. The molecular weight excluding hydrogens is 428 g/mol. The molecule has 0 fully saturated rings. The van der Waals surface area contributed by atoms with Crippen LogP contribution in [0, 0.1) is 11.3 Å². The lowest BCUT2D eigenvalue weighted by Gasteiger charge is -2.20. The van der Waals surface area contributed by atoms with Gasteiger partial charge < -0.3 is 5.32 Å². The van der Waals surface area contributed by atoms with Gasteiger partial charge in [-0.25, -0.2) is 0 Å². The molecule has 1 atom stereocenters. The van der Waals surface area contributed by atoms with Crippen LogP contribution in [0.25, 0.3) is 5.69 Å². The highest BCUT2D eigenvalue weighted by Crippen LogP contribution is 2.28. The minimum atomic E-state index is -0.207. The van der Waals surface area contributed by atoms with Gasteiger partial charge in [0.2, 0.25) is 5.91 Å². The first-order valence-electron chi connectivity index (χ1n) is 8.68. The quantitative estimate of drug-likeness (QED) is 0.547. The van der Waals surface area contributed by atoms with Gasteiger partial charge in [-0.3, -0.25) is 14.3 Å². The van der Waals surface area contributed by atoms with Gasteiger partial charge in [0.1, 0.15) is 11.1 Å². The van der Waals surface area contributed by atoms with E-state index in [1.807, 2.05) is 54.8 Å². The molecule has 0 radical (unpaired) electrons. The van der Waals surface area contributed by atoms with E-state index in [1.54, 1.807) is 11.4 Å². The summed E-state index contributed by atoms with van der Waals surface area (Å²) in [6.45, 7) is 2.04. The maximum atomic E-state index is 12.4. The van der Waals surface area contributed by atoms with Gasteiger partial charge in [0, 0.05) is 10.7 Å². The monoisotopic (exact) mass is 446 g/mol. The van der Waals surface area contributed by atoms with Crippen molar-refractivity contribution in [2.45, 2.75) is 18.1 Å². The van der Waals surface area contributed by atoms with Crippen LogP contribution in [0.15, 0.2) is 40.9 Å². The molecule has 0 spiro atoms. The second-order valence-electron chi connectivity index (χ2n) is 6.40. The molecule has 2 heterocycles. The number of rotatable bonds is 7. The van der Waals surface area contributed by atoms with Crippen molar-refractivity contribution in [3.63, 3.8) is 0 Å². The number of nitrogens with one attached hydrogen (secondary N) is 1. The third-order valence-corrected chi connectivity index (χ3v) is 6.27. The summed E-state index contributed by atoms with van der Waals surface area (Å²) in [5.74, 6) is 0.706. The van der Waals surface area contributed by atoms with E-state index in [4.69, 9.17) is 16.9 Å². The van der Waals surface area contributed by atoms with Crippen molar-refractivity contribution in [2.24, 2.45) is 0 Å². The van der Waals surface area contributed by atoms with E-state index in [0.29, 0.717) is 20.7 Å². The molecule has 0 aliphatic heterocycles. The largest absolute Gasteiger partial charge is 0.316 e. The Morgan fingerprint density at radius 3 is 2.72 bits per heavy atom. The molecule has 0 unspecified atom stereocenters. The zero-order valence-corrected chi connectivity index (χ0v) is 18.5. The Hall–Kier alpha value is -2.38. The summed E-state index contributed by atoms with van der Waals surface area (Å²) in [6, 6.07) is 11.2. The molecule has 1 aromatic carbocycles. The molecule has 0 aliphatic rings. The Labute approximate surface area is 182 Å². The van der Waals surface area contributed by atoms with Crippen molar-refractivity contribution in [1.82, 2.24) is 19.7 Å². The molecule has 0 saturated carbocycles. The second-order valence-corrected chi connectivity index (χ2v) is 8.70. The molecule has 150 valence electrons. The van der Waals surface area contributed by atoms with Crippen LogP contribution in [-0.2, 0) is 4.79 Å². The first kappa shape index (κ1) is 21.3. The van der Waals surface area contributed by atoms with Crippen molar-refractivity contribution in [2.75, 3.05) is 25.2 Å². The van der Waals surface area contributed by atoms with Gasteiger partial charge in [-0.15, -0.1) is 21.5 Å². The minimum Gasteiger partial charge on any atom is -0.316 e. The summed E-state index contributed by atoms with van der Waals surface area (Å²) in [4.78, 5) is 14.4. The van der Waals surface area contributed by atoms with E-state index in [1.165, 1.54) is 23.1 Å². The Morgan fingerprint density at radius 1 is 1.34 bits per heavy atom. The highest BCUT2D eigenvalue weighted by molar-refractivity contribution is 7.99. The van der Waals surface area contributed by atoms with Gasteiger partial charge >= 0.3 is 0 Å². The van der Waals surface area contributed by atoms with E-state index in [0.717, 1.165) is 11.5 Å². The highest BCUT2D eigenvalue weighted by Gasteiger charge is 2.21. The SMILES string of the molecule is C[C@H](c1nnc(SCC(=O)Nc2sccc2C#N)n1-c1ccc(Cl)cc1)N(C)C. The Balaban J connectivity index is 1.82. The number of carbonyl (C=O) groups is 1. The number of nitriles is 1. The molecule has 1 N–H and O–H groups in total. The lowest BCUT2D eigenvalue weighted by molar-refractivity contribution is -0.113. The molecule has 1 amide bonds. The summed E-state index contributed by atoms with van der Waals surface area (Å²) in [5.41, 5.74) is 1.33. The number of benzene rings is 1. The van der Waals surface area contributed by atoms with Crippen LogP contribution in [0.4, 0.5) is 5.00 Å². The Bertz CT molecular complexity index is 1040. The van der Waals surface area contributed by atoms with Gasteiger partial charge in [-0.2, -0.15) is 5.26 Å². The Kier molecular flexibility index (Phi) is 6.92. The third kappa shape index (κ3) is 4.97. The van der Waals surface area contributed by atoms with Crippen molar-refractivity contribution in [3.05, 3.63) is 52.1 Å². The summed E-state index contributed by atoms with van der Waals surface area (Å²) < 4.78 is 1.94. The predicted octanol–water partition coefficient (Wildman–Crippen LogP) is 4.21. The van der Waals surface area contributed by atoms with Crippen LogP contribution in [0.1, 0.15) is 24.4 Å².